The molecule has 0 aliphatic rings. The number of primary amides is 1. The minimum absolute atomic E-state index is 0.510. The molecule has 3 nitrogen and oxygen atoms in total. The first-order valence-electron chi connectivity index (χ1n) is 4.99. The number of nitrogens with one attached hydrogen (secondary N) is 1. The van der Waals surface area contributed by atoms with Crippen LogP contribution in [0, 0.1) is 34.6 Å². The lowest BCUT2D eigenvalue weighted by Gasteiger charge is -2.18. The van der Waals surface area contributed by atoms with E-state index in [9.17, 15) is 4.79 Å². The van der Waals surface area contributed by atoms with Gasteiger partial charge in [0.1, 0.15) is 0 Å². The Bertz CT molecular complexity index is 393. The first-order chi connectivity index (χ1) is 6.86. The van der Waals surface area contributed by atoms with Gasteiger partial charge in [-0.3, -0.25) is 0 Å². The second-order valence-corrected chi connectivity index (χ2v) is 3.99. The van der Waals surface area contributed by atoms with Crippen LogP contribution in [0.3, 0.4) is 0 Å². The summed E-state index contributed by atoms with van der Waals surface area (Å²) in [5, 5.41) is 2.69. The third-order valence-corrected chi connectivity index (χ3v) is 3.25. The van der Waals surface area contributed by atoms with Crippen molar-refractivity contribution in [2.45, 2.75) is 34.6 Å². The highest BCUT2D eigenvalue weighted by Crippen LogP contribution is 2.29. The maximum absolute atomic E-state index is 10.9. The standard InChI is InChI=1S/C12H18N2O/c1-6-7(2)9(4)11(14-12(13)15)10(5)8(6)3/h1-5H3,(H3,13,14,15). The van der Waals surface area contributed by atoms with Gasteiger partial charge in [0.05, 0.1) is 0 Å². The van der Waals surface area contributed by atoms with Gasteiger partial charge in [0.25, 0.3) is 0 Å². The zero-order valence-corrected chi connectivity index (χ0v) is 9.99. The van der Waals surface area contributed by atoms with Crippen LogP contribution in [0.15, 0.2) is 0 Å². The average molecular weight is 206 g/mol. The van der Waals surface area contributed by atoms with Crippen LogP contribution in [0.25, 0.3) is 0 Å². The number of benzene rings is 1. The van der Waals surface area contributed by atoms with Crippen molar-refractivity contribution in [3.05, 3.63) is 27.8 Å². The molecule has 0 spiro atoms. The van der Waals surface area contributed by atoms with Gasteiger partial charge in [-0.25, -0.2) is 4.79 Å². The van der Waals surface area contributed by atoms with Gasteiger partial charge in [-0.1, -0.05) is 0 Å². The van der Waals surface area contributed by atoms with Crippen LogP contribution in [-0.4, -0.2) is 6.03 Å². The van der Waals surface area contributed by atoms with Crippen LogP contribution >= 0.6 is 0 Å². The number of nitrogens with two attached hydrogens (primary N) is 1. The Kier molecular flexibility index (Phi) is 3.03. The molecular formula is C12H18N2O. The first-order valence-corrected chi connectivity index (χ1v) is 4.99. The average Bonchev–Trinajstić information content (AvgIpc) is 2.18. The third kappa shape index (κ3) is 1.96. The van der Waals surface area contributed by atoms with Crippen molar-refractivity contribution in [1.29, 1.82) is 0 Å². The molecule has 0 heterocycles. The summed E-state index contributed by atoms with van der Waals surface area (Å²) in [6.07, 6.45) is 0. The molecule has 1 aromatic rings. The Morgan fingerprint density at radius 2 is 1.20 bits per heavy atom. The molecule has 0 aliphatic carbocycles. The van der Waals surface area contributed by atoms with E-state index in [1.165, 1.54) is 16.7 Å². The molecule has 15 heavy (non-hydrogen) atoms. The SMILES string of the molecule is Cc1c(C)c(C)c(NC(N)=O)c(C)c1C. The molecule has 3 N–H and O–H groups in total. The van der Waals surface area contributed by atoms with Gasteiger partial charge in [0.15, 0.2) is 0 Å². The van der Waals surface area contributed by atoms with Crippen molar-refractivity contribution in [2.75, 3.05) is 5.32 Å². The van der Waals surface area contributed by atoms with E-state index in [2.05, 4.69) is 26.1 Å². The van der Waals surface area contributed by atoms with Crippen molar-refractivity contribution in [1.82, 2.24) is 0 Å². The Balaban J connectivity index is 3.45. The van der Waals surface area contributed by atoms with E-state index in [1.807, 2.05) is 13.8 Å². The topological polar surface area (TPSA) is 55.1 Å². The van der Waals surface area contributed by atoms with Crippen molar-refractivity contribution < 1.29 is 4.79 Å². The fourth-order valence-electron chi connectivity index (χ4n) is 1.81. The molecule has 0 bridgehead atoms. The number of carbonyl (C=O) groups excluding carboxylic acids is 1. The van der Waals surface area contributed by atoms with Crippen LogP contribution in [0.1, 0.15) is 27.8 Å². The molecule has 0 saturated heterocycles. The number of urea groups is 1. The summed E-state index contributed by atoms with van der Waals surface area (Å²) in [4.78, 5) is 10.9. The summed E-state index contributed by atoms with van der Waals surface area (Å²) in [6, 6.07) is -0.510. The maximum Gasteiger partial charge on any atom is 0.316 e. The second kappa shape index (κ2) is 3.93. The molecule has 1 aromatic carbocycles. The quantitative estimate of drug-likeness (QED) is 0.729. The van der Waals surface area contributed by atoms with E-state index in [0.717, 1.165) is 16.8 Å². The van der Waals surface area contributed by atoms with E-state index < -0.39 is 6.03 Å². The number of hydrogen-bond donors (Lipinski definition) is 2. The van der Waals surface area contributed by atoms with Crippen LogP contribution in [-0.2, 0) is 0 Å². The molecule has 1 rings (SSSR count). The molecule has 0 aromatic heterocycles. The number of amides is 2. The largest absolute Gasteiger partial charge is 0.351 e. The Labute approximate surface area is 90.7 Å². The molecule has 0 saturated carbocycles. The minimum Gasteiger partial charge on any atom is -0.351 e. The van der Waals surface area contributed by atoms with Crippen LogP contribution in [0.2, 0.25) is 0 Å². The number of rotatable bonds is 1. The number of hydrogen-bond acceptors (Lipinski definition) is 1. The van der Waals surface area contributed by atoms with Crippen molar-refractivity contribution >= 4 is 11.7 Å². The lowest BCUT2D eigenvalue weighted by Crippen LogP contribution is -2.21. The van der Waals surface area contributed by atoms with Crippen LogP contribution in [0.4, 0.5) is 10.5 Å². The summed E-state index contributed by atoms with van der Waals surface area (Å²) in [7, 11) is 0. The summed E-state index contributed by atoms with van der Waals surface area (Å²) in [5.74, 6) is 0. The molecule has 2 amide bonds. The first kappa shape index (κ1) is 11.6. The van der Waals surface area contributed by atoms with Gasteiger partial charge in [0.2, 0.25) is 0 Å². The van der Waals surface area contributed by atoms with E-state index in [-0.39, 0.29) is 0 Å². The van der Waals surface area contributed by atoms with E-state index in [0.29, 0.717) is 0 Å². The Morgan fingerprint density at radius 3 is 1.53 bits per heavy atom. The molecule has 0 aliphatic heterocycles. The maximum atomic E-state index is 10.9. The monoisotopic (exact) mass is 206 g/mol. The molecule has 0 unspecified atom stereocenters. The van der Waals surface area contributed by atoms with Crippen LogP contribution < -0.4 is 11.1 Å². The van der Waals surface area contributed by atoms with Crippen molar-refractivity contribution in [3.8, 4) is 0 Å². The number of carbonyl (C=O) groups is 1. The molecular weight excluding hydrogens is 188 g/mol. The van der Waals surface area contributed by atoms with Gasteiger partial charge >= 0.3 is 6.03 Å². The molecule has 0 atom stereocenters. The highest BCUT2D eigenvalue weighted by molar-refractivity contribution is 5.90. The molecule has 0 radical (unpaired) electrons. The smallest absolute Gasteiger partial charge is 0.316 e. The van der Waals surface area contributed by atoms with E-state index in [1.54, 1.807) is 0 Å². The Morgan fingerprint density at radius 1 is 0.867 bits per heavy atom. The molecule has 3 heteroatoms. The zero-order valence-electron chi connectivity index (χ0n) is 9.99. The van der Waals surface area contributed by atoms with Gasteiger partial charge in [-0.15, -0.1) is 0 Å². The second-order valence-electron chi connectivity index (χ2n) is 3.99. The summed E-state index contributed by atoms with van der Waals surface area (Å²) < 4.78 is 0. The van der Waals surface area contributed by atoms with Gasteiger partial charge in [0, 0.05) is 5.69 Å². The van der Waals surface area contributed by atoms with E-state index in [4.69, 9.17) is 5.73 Å². The fourth-order valence-corrected chi connectivity index (χ4v) is 1.81. The zero-order chi connectivity index (χ0) is 11.7. The predicted molar refractivity (Wildman–Crippen MR) is 63.3 cm³/mol. The van der Waals surface area contributed by atoms with Crippen LogP contribution in [0.5, 0.6) is 0 Å². The predicted octanol–water partition coefficient (Wildman–Crippen LogP) is 2.72. The fraction of sp³-hybridized carbons (Fsp3) is 0.417. The summed E-state index contributed by atoms with van der Waals surface area (Å²) in [6.45, 7) is 10.2. The number of anilines is 1. The van der Waals surface area contributed by atoms with Gasteiger partial charge in [-0.05, 0) is 62.4 Å². The molecule has 82 valence electrons. The molecule has 0 fully saturated rings. The van der Waals surface area contributed by atoms with E-state index >= 15 is 0 Å². The van der Waals surface area contributed by atoms with Gasteiger partial charge < -0.3 is 11.1 Å². The third-order valence-electron chi connectivity index (χ3n) is 3.25. The normalized spacial score (nSPS) is 10.2. The highest BCUT2D eigenvalue weighted by atomic mass is 16.2. The van der Waals surface area contributed by atoms with Crippen molar-refractivity contribution in [3.63, 3.8) is 0 Å². The lowest BCUT2D eigenvalue weighted by atomic mass is 9.93. The van der Waals surface area contributed by atoms with Gasteiger partial charge in [-0.2, -0.15) is 0 Å². The van der Waals surface area contributed by atoms with Crippen molar-refractivity contribution in [2.24, 2.45) is 5.73 Å². The highest BCUT2D eigenvalue weighted by Gasteiger charge is 2.12. The summed E-state index contributed by atoms with van der Waals surface area (Å²) in [5.41, 5.74) is 11.9. The summed E-state index contributed by atoms with van der Waals surface area (Å²) >= 11 is 0. The lowest BCUT2D eigenvalue weighted by molar-refractivity contribution is 0.259. The Hall–Kier alpha value is -1.51. The minimum atomic E-state index is -0.510.